The van der Waals surface area contributed by atoms with Gasteiger partial charge < -0.3 is 14.8 Å². The standard InChI is InChI=1S/C22H22ClFN4O4S/c1-11-4-12(23)5-14(20(11)32-17-8-27-7-15(17)24)19(26-3)21-16(25-2)6-13(33-21)9-28-18(29)10-31-22(28)30/h4-6,15,17,27H,2,7-10H2,1,3H3/b26-19-/t15-,17+/m0/s1. The van der Waals surface area contributed by atoms with Crippen LogP contribution in [-0.2, 0) is 16.1 Å². The van der Waals surface area contributed by atoms with Gasteiger partial charge in [-0.15, -0.1) is 11.3 Å². The highest BCUT2D eigenvalue weighted by atomic mass is 35.5. The van der Waals surface area contributed by atoms with E-state index in [1.165, 1.54) is 11.3 Å². The van der Waals surface area contributed by atoms with Gasteiger partial charge in [0.2, 0.25) is 0 Å². The summed E-state index contributed by atoms with van der Waals surface area (Å²) < 4.78 is 25.1. The molecule has 1 N–H and O–H groups in total. The van der Waals surface area contributed by atoms with E-state index in [2.05, 4.69) is 22.0 Å². The second-order valence-corrected chi connectivity index (χ2v) is 9.19. The summed E-state index contributed by atoms with van der Waals surface area (Å²) in [7, 11) is 1.62. The second kappa shape index (κ2) is 9.58. The zero-order valence-electron chi connectivity index (χ0n) is 18.1. The van der Waals surface area contributed by atoms with Crippen LogP contribution >= 0.6 is 22.9 Å². The largest absolute Gasteiger partial charge is 0.485 e. The molecule has 2 aliphatic rings. The highest BCUT2D eigenvalue weighted by Gasteiger charge is 2.33. The summed E-state index contributed by atoms with van der Waals surface area (Å²) in [6, 6.07) is 5.21. The van der Waals surface area contributed by atoms with Crippen molar-refractivity contribution in [2.75, 3.05) is 26.7 Å². The lowest BCUT2D eigenvalue weighted by molar-refractivity contribution is -0.126. The number of amides is 2. The fourth-order valence-corrected chi connectivity index (χ4v) is 5.21. The summed E-state index contributed by atoms with van der Waals surface area (Å²) in [5, 5.41) is 3.46. The number of hydrogen-bond acceptors (Lipinski definition) is 8. The Morgan fingerprint density at radius 3 is 2.79 bits per heavy atom. The van der Waals surface area contributed by atoms with E-state index >= 15 is 0 Å². The summed E-state index contributed by atoms with van der Waals surface area (Å²) in [5.74, 6) is 0.0826. The van der Waals surface area contributed by atoms with Gasteiger partial charge in [-0.1, -0.05) is 11.6 Å². The van der Waals surface area contributed by atoms with Crippen molar-refractivity contribution in [3.63, 3.8) is 0 Å². The molecular formula is C22H22ClFN4O4S. The lowest BCUT2D eigenvalue weighted by atomic mass is 10.0. The minimum atomic E-state index is -1.13. The third-order valence-electron chi connectivity index (χ3n) is 5.38. The SMILES string of the molecule is C=Nc1cc(CN2C(=O)COC2=O)sc1/C(=N\C)c1cc(Cl)cc(C)c1O[C@@H]1CNC[C@@H]1F. The Bertz CT molecular complexity index is 1140. The first-order valence-electron chi connectivity index (χ1n) is 10.2. The summed E-state index contributed by atoms with van der Waals surface area (Å²) in [6.07, 6.45) is -2.45. The number of thiophene rings is 1. The zero-order valence-corrected chi connectivity index (χ0v) is 19.6. The highest BCUT2D eigenvalue weighted by Crippen LogP contribution is 2.38. The Balaban J connectivity index is 1.73. The third-order valence-corrected chi connectivity index (χ3v) is 6.71. The first kappa shape index (κ1) is 23.3. The number of carbonyl (C=O) groups excluding carboxylic acids is 2. The van der Waals surface area contributed by atoms with Gasteiger partial charge in [0, 0.05) is 35.6 Å². The molecule has 174 valence electrons. The van der Waals surface area contributed by atoms with Gasteiger partial charge in [-0.2, -0.15) is 0 Å². The smallest absolute Gasteiger partial charge is 0.417 e. The predicted octanol–water partition coefficient (Wildman–Crippen LogP) is 3.68. The molecule has 11 heteroatoms. The molecule has 1 aromatic carbocycles. The number of nitrogens with one attached hydrogen (secondary N) is 1. The van der Waals surface area contributed by atoms with Crippen LogP contribution in [0.15, 0.2) is 28.2 Å². The van der Waals surface area contributed by atoms with Crippen molar-refractivity contribution < 1.29 is 23.5 Å². The Labute approximate surface area is 199 Å². The fourth-order valence-electron chi connectivity index (χ4n) is 3.78. The molecule has 0 saturated carbocycles. The number of alkyl halides is 1. The molecule has 0 unspecified atom stereocenters. The van der Waals surface area contributed by atoms with Gasteiger partial charge in [-0.05, 0) is 37.4 Å². The number of imide groups is 1. The number of aryl methyl sites for hydroxylation is 1. The van der Waals surface area contributed by atoms with Crippen LogP contribution in [0.2, 0.25) is 5.02 Å². The van der Waals surface area contributed by atoms with Crippen molar-refractivity contribution in [1.29, 1.82) is 0 Å². The maximum absolute atomic E-state index is 14.3. The van der Waals surface area contributed by atoms with E-state index in [-0.39, 0.29) is 19.7 Å². The van der Waals surface area contributed by atoms with E-state index < -0.39 is 24.3 Å². The van der Waals surface area contributed by atoms with Crippen LogP contribution in [0.4, 0.5) is 14.9 Å². The molecule has 2 saturated heterocycles. The van der Waals surface area contributed by atoms with Crippen LogP contribution in [0.1, 0.15) is 20.9 Å². The second-order valence-electron chi connectivity index (χ2n) is 7.62. The van der Waals surface area contributed by atoms with Crippen LogP contribution in [0.3, 0.4) is 0 Å². The number of aliphatic imine (C=N–C) groups is 2. The molecule has 2 aromatic rings. The molecule has 1 aromatic heterocycles. The molecule has 0 spiro atoms. The average Bonchev–Trinajstić information content (AvgIpc) is 3.46. The van der Waals surface area contributed by atoms with Gasteiger partial charge in [0.05, 0.1) is 22.8 Å². The Morgan fingerprint density at radius 1 is 1.39 bits per heavy atom. The minimum Gasteiger partial charge on any atom is -0.485 e. The van der Waals surface area contributed by atoms with Crippen molar-refractivity contribution >= 4 is 53.1 Å². The topological polar surface area (TPSA) is 92.6 Å². The molecule has 2 fully saturated rings. The Hall–Kier alpha value is -2.82. The molecule has 2 atom stereocenters. The van der Waals surface area contributed by atoms with Crippen molar-refractivity contribution in [3.8, 4) is 5.75 Å². The van der Waals surface area contributed by atoms with Crippen LogP contribution < -0.4 is 10.1 Å². The molecule has 0 aliphatic carbocycles. The molecule has 4 rings (SSSR count). The van der Waals surface area contributed by atoms with Crippen LogP contribution in [-0.4, -0.2) is 68.3 Å². The monoisotopic (exact) mass is 492 g/mol. The van der Waals surface area contributed by atoms with E-state index in [1.807, 2.05) is 6.92 Å². The van der Waals surface area contributed by atoms with Gasteiger partial charge >= 0.3 is 6.09 Å². The first-order valence-corrected chi connectivity index (χ1v) is 11.4. The summed E-state index contributed by atoms with van der Waals surface area (Å²) >= 11 is 7.67. The fraction of sp³-hybridized carbons (Fsp3) is 0.364. The maximum atomic E-state index is 14.3. The number of hydrogen-bond donors (Lipinski definition) is 1. The molecule has 0 radical (unpaired) electrons. The van der Waals surface area contributed by atoms with Crippen molar-refractivity contribution in [3.05, 3.63) is 44.1 Å². The number of ether oxygens (including phenoxy) is 2. The Kier molecular flexibility index (Phi) is 6.78. The lowest BCUT2D eigenvalue weighted by Gasteiger charge is -2.21. The number of cyclic esters (lactones) is 1. The molecular weight excluding hydrogens is 471 g/mol. The third kappa shape index (κ3) is 4.64. The van der Waals surface area contributed by atoms with E-state index in [1.54, 1.807) is 25.2 Å². The average molecular weight is 493 g/mol. The highest BCUT2D eigenvalue weighted by molar-refractivity contribution is 7.15. The van der Waals surface area contributed by atoms with Gasteiger partial charge in [0.1, 0.15) is 11.9 Å². The lowest BCUT2D eigenvalue weighted by Crippen LogP contribution is -2.28. The van der Waals surface area contributed by atoms with Gasteiger partial charge in [0.25, 0.3) is 5.91 Å². The maximum Gasteiger partial charge on any atom is 0.417 e. The van der Waals surface area contributed by atoms with Crippen molar-refractivity contribution in [2.24, 2.45) is 9.98 Å². The van der Waals surface area contributed by atoms with E-state index in [0.29, 0.717) is 44.0 Å². The van der Waals surface area contributed by atoms with Gasteiger partial charge in [-0.25, -0.2) is 14.1 Å². The van der Waals surface area contributed by atoms with Gasteiger partial charge in [0.15, 0.2) is 12.8 Å². The van der Waals surface area contributed by atoms with Crippen LogP contribution in [0.5, 0.6) is 5.75 Å². The predicted molar refractivity (Wildman–Crippen MR) is 125 cm³/mol. The summed E-state index contributed by atoms with van der Waals surface area (Å²) in [4.78, 5) is 34.7. The summed E-state index contributed by atoms with van der Waals surface area (Å²) in [5.41, 5.74) is 2.40. The number of rotatable bonds is 7. The molecule has 33 heavy (non-hydrogen) atoms. The van der Waals surface area contributed by atoms with E-state index in [4.69, 9.17) is 21.1 Å². The summed E-state index contributed by atoms with van der Waals surface area (Å²) in [6.45, 7) is 5.89. The molecule has 3 heterocycles. The number of halogens is 2. The number of carbonyl (C=O) groups is 2. The molecule has 2 amide bonds. The van der Waals surface area contributed by atoms with E-state index in [0.717, 1.165) is 10.5 Å². The minimum absolute atomic E-state index is 0.0526. The van der Waals surface area contributed by atoms with Crippen LogP contribution in [0.25, 0.3) is 0 Å². The quantitative estimate of drug-likeness (QED) is 0.595. The molecule has 8 nitrogen and oxygen atoms in total. The van der Waals surface area contributed by atoms with Crippen LogP contribution in [0, 0.1) is 6.92 Å². The zero-order chi connectivity index (χ0) is 23.7. The van der Waals surface area contributed by atoms with Crippen molar-refractivity contribution in [1.82, 2.24) is 10.2 Å². The van der Waals surface area contributed by atoms with Gasteiger partial charge in [-0.3, -0.25) is 14.8 Å². The number of benzene rings is 1. The Morgan fingerprint density at radius 2 is 2.18 bits per heavy atom. The molecule has 2 aliphatic heterocycles. The normalized spacial score (nSPS) is 21.0. The number of nitrogens with zero attached hydrogens (tertiary/aromatic N) is 3. The molecule has 0 bridgehead atoms. The van der Waals surface area contributed by atoms with Crippen molar-refractivity contribution in [2.45, 2.75) is 25.7 Å². The first-order chi connectivity index (χ1) is 15.8. The van der Waals surface area contributed by atoms with E-state index in [9.17, 15) is 14.0 Å².